The molecule has 2 heteroatoms. The molecule has 0 aliphatic carbocycles. The molecule has 0 radical (unpaired) electrons. The molecule has 1 unspecified atom stereocenters. The van der Waals surface area contributed by atoms with Gasteiger partial charge in [-0.25, -0.2) is 0 Å². The van der Waals surface area contributed by atoms with E-state index >= 15 is 0 Å². The zero-order valence-electron chi connectivity index (χ0n) is 12.5. The van der Waals surface area contributed by atoms with E-state index in [0.717, 1.165) is 18.6 Å². The number of rotatable bonds is 5. The van der Waals surface area contributed by atoms with Crippen molar-refractivity contribution in [1.29, 1.82) is 0 Å². The summed E-state index contributed by atoms with van der Waals surface area (Å²) in [4.78, 5) is 0. The van der Waals surface area contributed by atoms with E-state index in [-0.39, 0.29) is 6.04 Å². The van der Waals surface area contributed by atoms with E-state index in [0.29, 0.717) is 0 Å². The normalized spacial score (nSPS) is 12.2. The van der Waals surface area contributed by atoms with Gasteiger partial charge in [0.25, 0.3) is 0 Å². The van der Waals surface area contributed by atoms with Crippen LogP contribution in [0.25, 0.3) is 0 Å². The van der Waals surface area contributed by atoms with Crippen LogP contribution in [0.3, 0.4) is 0 Å². The Kier molecular flexibility index (Phi) is 4.80. The molecule has 106 valence electrons. The van der Waals surface area contributed by atoms with E-state index in [2.05, 4.69) is 44.2 Å². The van der Waals surface area contributed by atoms with Crippen LogP contribution in [0.5, 0.6) is 5.75 Å². The average molecular weight is 269 g/mol. The molecule has 2 rings (SSSR count). The summed E-state index contributed by atoms with van der Waals surface area (Å²) in [5, 5.41) is 0. The fourth-order valence-electron chi connectivity index (χ4n) is 2.41. The Bertz CT molecular complexity index is 577. The number of hydrogen-bond donors (Lipinski definition) is 1. The minimum Gasteiger partial charge on any atom is -0.497 e. The summed E-state index contributed by atoms with van der Waals surface area (Å²) in [6, 6.07) is 14.8. The van der Waals surface area contributed by atoms with E-state index in [4.69, 9.17) is 10.5 Å². The predicted molar refractivity (Wildman–Crippen MR) is 84.3 cm³/mol. The van der Waals surface area contributed by atoms with E-state index < -0.39 is 0 Å². The van der Waals surface area contributed by atoms with Crippen LogP contribution in [0.4, 0.5) is 0 Å². The van der Waals surface area contributed by atoms with Crippen LogP contribution < -0.4 is 10.5 Å². The topological polar surface area (TPSA) is 35.2 Å². The molecule has 0 bridgehead atoms. The second-order valence-corrected chi connectivity index (χ2v) is 5.44. The van der Waals surface area contributed by atoms with Gasteiger partial charge in [0.1, 0.15) is 5.75 Å². The van der Waals surface area contributed by atoms with Crippen LogP contribution in [0.15, 0.2) is 42.5 Å². The molecule has 1 atom stereocenters. The quantitative estimate of drug-likeness (QED) is 0.902. The number of nitrogens with two attached hydrogens (primary N) is 1. The first-order valence-corrected chi connectivity index (χ1v) is 7.03. The zero-order valence-corrected chi connectivity index (χ0v) is 12.5. The molecule has 0 amide bonds. The Labute approximate surface area is 121 Å². The third-order valence-electron chi connectivity index (χ3n) is 3.70. The van der Waals surface area contributed by atoms with E-state index in [1.807, 2.05) is 12.1 Å². The van der Waals surface area contributed by atoms with E-state index in [1.165, 1.54) is 22.3 Å². The maximum absolute atomic E-state index is 6.28. The molecule has 2 aromatic rings. The molecule has 0 saturated heterocycles. The molecule has 2 aromatic carbocycles. The second-order valence-electron chi connectivity index (χ2n) is 5.44. The smallest absolute Gasteiger partial charge is 0.119 e. The van der Waals surface area contributed by atoms with Crippen molar-refractivity contribution in [3.8, 4) is 5.75 Å². The highest BCUT2D eigenvalue weighted by Gasteiger charge is 2.07. The standard InChI is InChI=1S/C18H23NO/c1-13-7-8-16(9-14(13)2)11-17(19)10-15-5-4-6-18(12-15)20-3/h4-9,12,17H,10-11,19H2,1-3H3. The zero-order chi connectivity index (χ0) is 14.5. The predicted octanol–water partition coefficient (Wildman–Crippen LogP) is 3.42. The summed E-state index contributed by atoms with van der Waals surface area (Å²) in [5.41, 5.74) is 11.5. The van der Waals surface area contributed by atoms with Crippen molar-refractivity contribution in [2.45, 2.75) is 32.7 Å². The highest BCUT2D eigenvalue weighted by Crippen LogP contribution is 2.16. The van der Waals surface area contributed by atoms with Crippen LogP contribution in [0, 0.1) is 13.8 Å². The van der Waals surface area contributed by atoms with Crippen LogP contribution >= 0.6 is 0 Å². The molecule has 0 aliphatic heterocycles. The van der Waals surface area contributed by atoms with Gasteiger partial charge >= 0.3 is 0 Å². The van der Waals surface area contributed by atoms with Gasteiger partial charge in [-0.3, -0.25) is 0 Å². The minimum absolute atomic E-state index is 0.129. The van der Waals surface area contributed by atoms with Crippen LogP contribution in [-0.4, -0.2) is 13.2 Å². The van der Waals surface area contributed by atoms with Crippen LogP contribution in [0.2, 0.25) is 0 Å². The molecule has 0 spiro atoms. The summed E-state index contributed by atoms with van der Waals surface area (Å²) in [6.45, 7) is 4.28. The highest BCUT2D eigenvalue weighted by molar-refractivity contribution is 5.31. The van der Waals surface area contributed by atoms with Crippen LogP contribution in [0.1, 0.15) is 22.3 Å². The van der Waals surface area contributed by atoms with Gasteiger partial charge < -0.3 is 10.5 Å². The Morgan fingerprint density at radius 3 is 2.30 bits per heavy atom. The summed E-state index contributed by atoms with van der Waals surface area (Å²) in [5.74, 6) is 0.890. The van der Waals surface area contributed by atoms with Gasteiger partial charge in [-0.05, 0) is 61.1 Å². The lowest BCUT2D eigenvalue weighted by molar-refractivity contribution is 0.414. The molecule has 0 fully saturated rings. The summed E-state index contributed by atoms with van der Waals surface area (Å²) >= 11 is 0. The molecule has 0 saturated carbocycles. The first-order chi connectivity index (χ1) is 9.58. The Morgan fingerprint density at radius 1 is 0.950 bits per heavy atom. The fourth-order valence-corrected chi connectivity index (χ4v) is 2.41. The number of hydrogen-bond acceptors (Lipinski definition) is 2. The summed E-state index contributed by atoms with van der Waals surface area (Å²) in [7, 11) is 1.69. The Balaban J connectivity index is 2.00. The van der Waals surface area contributed by atoms with Gasteiger partial charge in [-0.2, -0.15) is 0 Å². The monoisotopic (exact) mass is 269 g/mol. The van der Waals surface area contributed by atoms with Gasteiger partial charge in [-0.15, -0.1) is 0 Å². The number of ether oxygens (including phenoxy) is 1. The van der Waals surface area contributed by atoms with Crippen LogP contribution in [-0.2, 0) is 12.8 Å². The summed E-state index contributed by atoms with van der Waals surface area (Å²) < 4.78 is 5.24. The average Bonchev–Trinajstić information content (AvgIpc) is 2.43. The lowest BCUT2D eigenvalue weighted by atomic mass is 9.97. The van der Waals surface area contributed by atoms with Crippen molar-refractivity contribution < 1.29 is 4.74 Å². The largest absolute Gasteiger partial charge is 0.497 e. The van der Waals surface area contributed by atoms with E-state index in [1.54, 1.807) is 7.11 Å². The van der Waals surface area contributed by atoms with Gasteiger partial charge in [0, 0.05) is 6.04 Å². The molecule has 0 aliphatic rings. The van der Waals surface area contributed by atoms with Gasteiger partial charge in [0.15, 0.2) is 0 Å². The SMILES string of the molecule is COc1cccc(CC(N)Cc2ccc(C)c(C)c2)c1. The fraction of sp³-hybridized carbons (Fsp3) is 0.333. The van der Waals surface area contributed by atoms with Crippen molar-refractivity contribution in [1.82, 2.24) is 0 Å². The van der Waals surface area contributed by atoms with Crippen molar-refractivity contribution in [2.75, 3.05) is 7.11 Å². The molecule has 0 aromatic heterocycles. The lowest BCUT2D eigenvalue weighted by Gasteiger charge is -2.13. The maximum Gasteiger partial charge on any atom is 0.119 e. The molecular weight excluding hydrogens is 246 g/mol. The molecular formula is C18H23NO. The maximum atomic E-state index is 6.28. The van der Waals surface area contributed by atoms with Gasteiger partial charge in [0.05, 0.1) is 7.11 Å². The first-order valence-electron chi connectivity index (χ1n) is 7.03. The number of benzene rings is 2. The summed E-state index contributed by atoms with van der Waals surface area (Å²) in [6.07, 6.45) is 1.77. The Hall–Kier alpha value is -1.80. The molecule has 20 heavy (non-hydrogen) atoms. The van der Waals surface area contributed by atoms with Crippen molar-refractivity contribution >= 4 is 0 Å². The van der Waals surface area contributed by atoms with Crippen molar-refractivity contribution in [2.24, 2.45) is 5.73 Å². The molecule has 2 N–H and O–H groups in total. The van der Waals surface area contributed by atoms with E-state index in [9.17, 15) is 0 Å². The third-order valence-corrected chi connectivity index (χ3v) is 3.70. The van der Waals surface area contributed by atoms with Gasteiger partial charge in [0.2, 0.25) is 0 Å². The van der Waals surface area contributed by atoms with Crippen molar-refractivity contribution in [3.63, 3.8) is 0 Å². The first kappa shape index (κ1) is 14.6. The number of aryl methyl sites for hydroxylation is 2. The highest BCUT2D eigenvalue weighted by atomic mass is 16.5. The molecule has 0 heterocycles. The Morgan fingerprint density at radius 2 is 1.65 bits per heavy atom. The second kappa shape index (κ2) is 6.58. The van der Waals surface area contributed by atoms with Gasteiger partial charge in [-0.1, -0.05) is 30.3 Å². The van der Waals surface area contributed by atoms with Crippen molar-refractivity contribution in [3.05, 3.63) is 64.7 Å². The third kappa shape index (κ3) is 3.84. The lowest BCUT2D eigenvalue weighted by Crippen LogP contribution is -2.25. The number of methoxy groups -OCH3 is 1. The molecule has 2 nitrogen and oxygen atoms in total. The minimum atomic E-state index is 0.129.